The third kappa shape index (κ3) is 2.60. The predicted molar refractivity (Wildman–Crippen MR) is 62.9 cm³/mol. The molecule has 2 heterocycles. The van der Waals surface area contributed by atoms with Gasteiger partial charge in [-0.1, -0.05) is 10.4 Å². The van der Waals surface area contributed by atoms with Gasteiger partial charge in [-0.25, -0.2) is 0 Å². The normalized spacial score (nSPS) is 14.6. The first-order chi connectivity index (χ1) is 9.26. The van der Waals surface area contributed by atoms with E-state index in [1.807, 2.05) is 0 Å². The number of carbonyl (C=O) groups excluding carboxylic acids is 1. The molecule has 100 valence electrons. The number of aromatic nitrogens is 5. The number of nitrogens with two attached hydrogens (primary N) is 1. The zero-order chi connectivity index (χ0) is 13.2. The van der Waals surface area contributed by atoms with E-state index in [0.717, 1.165) is 12.8 Å². The van der Waals surface area contributed by atoms with Crippen molar-refractivity contribution < 1.29 is 9.32 Å². The maximum atomic E-state index is 11.7. The zero-order valence-corrected chi connectivity index (χ0v) is 10.1. The van der Waals surface area contributed by atoms with Crippen molar-refractivity contribution in [3.8, 4) is 11.6 Å². The quantitative estimate of drug-likeness (QED) is 0.721. The Kier molecular flexibility index (Phi) is 2.95. The van der Waals surface area contributed by atoms with Gasteiger partial charge in [0.1, 0.15) is 0 Å². The van der Waals surface area contributed by atoms with Crippen LogP contribution in [0.5, 0.6) is 0 Å². The molecule has 0 radical (unpaired) electrons. The van der Waals surface area contributed by atoms with Crippen LogP contribution in [0.3, 0.4) is 0 Å². The molecule has 19 heavy (non-hydrogen) atoms. The van der Waals surface area contributed by atoms with E-state index in [9.17, 15) is 4.79 Å². The van der Waals surface area contributed by atoms with Crippen molar-refractivity contribution >= 4 is 5.91 Å². The van der Waals surface area contributed by atoms with Gasteiger partial charge in [-0.2, -0.15) is 4.98 Å². The van der Waals surface area contributed by atoms with Crippen LogP contribution in [0.1, 0.15) is 23.5 Å². The van der Waals surface area contributed by atoms with E-state index in [1.54, 1.807) is 10.9 Å². The number of nitrogens with zero attached hydrogens (tertiary/aromatic N) is 5. The third-order valence-electron chi connectivity index (χ3n) is 2.66. The van der Waals surface area contributed by atoms with Crippen LogP contribution in [0.25, 0.3) is 11.6 Å². The monoisotopic (exact) mass is 263 g/mol. The Hall–Kier alpha value is -2.29. The summed E-state index contributed by atoms with van der Waals surface area (Å²) in [6.07, 6.45) is 3.65. The second kappa shape index (κ2) is 4.76. The number of carbonyl (C=O) groups is 1. The summed E-state index contributed by atoms with van der Waals surface area (Å²) >= 11 is 0. The van der Waals surface area contributed by atoms with Gasteiger partial charge in [0, 0.05) is 12.6 Å². The number of hydrogen-bond acceptors (Lipinski definition) is 7. The first-order valence-electron chi connectivity index (χ1n) is 6.01. The van der Waals surface area contributed by atoms with Gasteiger partial charge in [0.2, 0.25) is 0 Å². The Balaban J connectivity index is 1.73. The molecule has 1 aliphatic rings. The van der Waals surface area contributed by atoms with Gasteiger partial charge in [-0.05, 0) is 12.8 Å². The molecule has 9 nitrogen and oxygen atoms in total. The van der Waals surface area contributed by atoms with Crippen LogP contribution in [0.2, 0.25) is 0 Å². The SMILES string of the molecule is NCCn1cc(-c2nc(C(=O)NC3CC3)no2)nn1. The van der Waals surface area contributed by atoms with E-state index >= 15 is 0 Å². The smallest absolute Gasteiger partial charge is 0.292 e. The van der Waals surface area contributed by atoms with Crippen molar-refractivity contribution in [1.82, 2.24) is 30.5 Å². The summed E-state index contributed by atoms with van der Waals surface area (Å²) in [5.74, 6) is -0.147. The lowest BCUT2D eigenvalue weighted by atomic mass is 10.4. The van der Waals surface area contributed by atoms with Crippen molar-refractivity contribution in [3.05, 3.63) is 12.0 Å². The summed E-state index contributed by atoms with van der Waals surface area (Å²) in [6, 6.07) is 0.250. The van der Waals surface area contributed by atoms with Gasteiger partial charge in [0.25, 0.3) is 17.6 Å². The summed E-state index contributed by atoms with van der Waals surface area (Å²) in [5.41, 5.74) is 5.83. The average molecular weight is 263 g/mol. The van der Waals surface area contributed by atoms with Crippen molar-refractivity contribution in [1.29, 1.82) is 0 Å². The van der Waals surface area contributed by atoms with Gasteiger partial charge in [-0.15, -0.1) is 5.10 Å². The molecular weight excluding hydrogens is 250 g/mol. The van der Waals surface area contributed by atoms with Crippen molar-refractivity contribution in [2.24, 2.45) is 5.73 Å². The molecule has 1 amide bonds. The fourth-order valence-electron chi connectivity index (χ4n) is 1.54. The minimum Gasteiger partial charge on any atom is -0.346 e. The highest BCUT2D eigenvalue weighted by molar-refractivity contribution is 5.90. The number of amides is 1. The van der Waals surface area contributed by atoms with Crippen LogP contribution in [-0.4, -0.2) is 43.6 Å². The van der Waals surface area contributed by atoms with Crippen LogP contribution in [0.4, 0.5) is 0 Å². The minimum absolute atomic E-state index is 0.00951. The van der Waals surface area contributed by atoms with Crippen molar-refractivity contribution in [2.45, 2.75) is 25.4 Å². The summed E-state index contributed by atoms with van der Waals surface area (Å²) in [5, 5.41) is 14.1. The van der Waals surface area contributed by atoms with Crippen LogP contribution >= 0.6 is 0 Å². The maximum Gasteiger partial charge on any atom is 0.292 e. The largest absolute Gasteiger partial charge is 0.346 e. The van der Waals surface area contributed by atoms with E-state index in [0.29, 0.717) is 18.8 Å². The number of rotatable bonds is 5. The molecule has 1 saturated carbocycles. The molecule has 0 atom stereocenters. The van der Waals surface area contributed by atoms with Crippen LogP contribution < -0.4 is 11.1 Å². The van der Waals surface area contributed by atoms with Crippen molar-refractivity contribution in [2.75, 3.05) is 6.54 Å². The highest BCUT2D eigenvalue weighted by atomic mass is 16.5. The molecule has 0 spiro atoms. The Bertz CT molecular complexity index is 586. The molecule has 1 fully saturated rings. The summed E-state index contributed by atoms with van der Waals surface area (Å²) in [7, 11) is 0. The van der Waals surface area contributed by atoms with Crippen LogP contribution in [0.15, 0.2) is 10.7 Å². The van der Waals surface area contributed by atoms with E-state index in [2.05, 4.69) is 25.8 Å². The molecule has 0 unspecified atom stereocenters. The predicted octanol–water partition coefficient (Wildman–Crippen LogP) is -0.821. The van der Waals surface area contributed by atoms with Gasteiger partial charge in [0.05, 0.1) is 12.7 Å². The molecule has 0 aromatic carbocycles. The molecular formula is C10H13N7O2. The molecule has 2 aromatic rings. The molecule has 9 heteroatoms. The van der Waals surface area contributed by atoms with E-state index in [1.165, 1.54) is 0 Å². The number of hydrogen-bond donors (Lipinski definition) is 2. The third-order valence-corrected chi connectivity index (χ3v) is 2.66. The molecule has 0 aliphatic heterocycles. The lowest BCUT2D eigenvalue weighted by Crippen LogP contribution is -2.26. The lowest BCUT2D eigenvalue weighted by molar-refractivity contribution is 0.0937. The van der Waals surface area contributed by atoms with E-state index in [4.69, 9.17) is 10.3 Å². The topological polar surface area (TPSA) is 125 Å². The fourth-order valence-corrected chi connectivity index (χ4v) is 1.54. The van der Waals surface area contributed by atoms with Gasteiger partial charge < -0.3 is 15.6 Å². The molecule has 1 aliphatic carbocycles. The Labute approximate surface area is 108 Å². The highest BCUT2D eigenvalue weighted by Gasteiger charge is 2.26. The second-order valence-corrected chi connectivity index (χ2v) is 4.33. The molecule has 2 aromatic heterocycles. The second-order valence-electron chi connectivity index (χ2n) is 4.33. The Morgan fingerprint density at radius 1 is 1.58 bits per heavy atom. The van der Waals surface area contributed by atoms with Crippen LogP contribution in [0, 0.1) is 0 Å². The Morgan fingerprint density at radius 2 is 2.42 bits per heavy atom. The summed E-state index contributed by atoms with van der Waals surface area (Å²) in [4.78, 5) is 15.7. The van der Waals surface area contributed by atoms with E-state index in [-0.39, 0.29) is 23.7 Å². The average Bonchev–Trinajstić information content (AvgIpc) is 2.93. The standard InChI is InChI=1S/C10H13N7O2/c11-3-4-17-5-7(14-16-17)10-13-8(15-19-10)9(18)12-6-1-2-6/h5-6H,1-4,11H2,(H,12,18). The summed E-state index contributed by atoms with van der Waals surface area (Å²) < 4.78 is 6.57. The van der Waals surface area contributed by atoms with Gasteiger partial charge in [-0.3, -0.25) is 9.48 Å². The number of nitrogens with one attached hydrogen (secondary N) is 1. The maximum absolute atomic E-state index is 11.7. The zero-order valence-electron chi connectivity index (χ0n) is 10.1. The van der Waals surface area contributed by atoms with Gasteiger partial charge >= 0.3 is 0 Å². The van der Waals surface area contributed by atoms with Crippen LogP contribution in [-0.2, 0) is 6.54 Å². The molecule has 0 bridgehead atoms. The summed E-state index contributed by atoms with van der Waals surface area (Å²) in [6.45, 7) is 1.01. The molecule has 3 N–H and O–H groups in total. The highest BCUT2D eigenvalue weighted by Crippen LogP contribution is 2.19. The van der Waals surface area contributed by atoms with Crippen molar-refractivity contribution in [3.63, 3.8) is 0 Å². The molecule has 3 rings (SSSR count). The van der Waals surface area contributed by atoms with E-state index < -0.39 is 0 Å². The Morgan fingerprint density at radius 3 is 3.16 bits per heavy atom. The fraction of sp³-hybridized carbons (Fsp3) is 0.500. The van der Waals surface area contributed by atoms with Gasteiger partial charge in [0.15, 0.2) is 5.69 Å². The molecule has 0 saturated heterocycles. The first kappa shape index (κ1) is 11.8. The lowest BCUT2D eigenvalue weighted by Gasteiger charge is -1.95. The minimum atomic E-state index is -0.327. The first-order valence-corrected chi connectivity index (χ1v) is 6.01.